The Hall–Kier alpha value is -1.10. The molecule has 0 saturated carbocycles. The van der Waals surface area contributed by atoms with Crippen molar-refractivity contribution in [1.29, 1.82) is 0 Å². The molecule has 3 rings (SSSR count). The number of amides is 1. The van der Waals surface area contributed by atoms with Crippen LogP contribution in [0.4, 0.5) is 0 Å². The van der Waals surface area contributed by atoms with Gasteiger partial charge in [-0.2, -0.15) is 0 Å². The van der Waals surface area contributed by atoms with E-state index < -0.39 is 0 Å². The zero-order chi connectivity index (χ0) is 21.4. The van der Waals surface area contributed by atoms with Crippen molar-refractivity contribution in [1.82, 2.24) is 15.1 Å². The molecule has 9 heteroatoms. The molecular weight excluding hydrogens is 531 g/mol. The van der Waals surface area contributed by atoms with Crippen LogP contribution in [0.5, 0.6) is 0 Å². The number of carbonyl (C=O) groups excluding carboxylic acids is 1. The second kappa shape index (κ2) is 12.8. The number of aliphatic imine (C=N–C) groups is 1. The summed E-state index contributed by atoms with van der Waals surface area (Å²) in [5.74, 6) is 0.985. The molecule has 2 fully saturated rings. The summed E-state index contributed by atoms with van der Waals surface area (Å²) in [5.41, 5.74) is 0.754. The Morgan fingerprint density at radius 2 is 1.90 bits per heavy atom. The molecule has 0 aromatic heterocycles. The number of benzene rings is 1. The molecule has 0 aliphatic carbocycles. The van der Waals surface area contributed by atoms with Crippen molar-refractivity contribution in [3.05, 3.63) is 34.9 Å². The summed E-state index contributed by atoms with van der Waals surface area (Å²) in [5, 5.41) is 13.9. The zero-order valence-corrected chi connectivity index (χ0v) is 21.3. The lowest BCUT2D eigenvalue weighted by Crippen LogP contribution is -2.54. The maximum absolute atomic E-state index is 12.7. The minimum Gasteiger partial charge on any atom is -0.396 e. The number of aliphatic hydroxyl groups is 1. The summed E-state index contributed by atoms with van der Waals surface area (Å²) in [4.78, 5) is 21.6. The molecule has 1 aromatic rings. The van der Waals surface area contributed by atoms with Crippen LogP contribution in [0.1, 0.15) is 25.3 Å². The first kappa shape index (κ1) is 26.2. The van der Waals surface area contributed by atoms with Crippen LogP contribution < -0.4 is 5.32 Å². The van der Waals surface area contributed by atoms with Crippen molar-refractivity contribution in [2.75, 3.05) is 59.1 Å². The van der Waals surface area contributed by atoms with Crippen molar-refractivity contribution in [3.8, 4) is 0 Å². The van der Waals surface area contributed by atoms with E-state index in [-0.39, 0.29) is 41.9 Å². The van der Waals surface area contributed by atoms with Gasteiger partial charge < -0.3 is 25.0 Å². The van der Waals surface area contributed by atoms with Crippen molar-refractivity contribution in [2.45, 2.75) is 26.2 Å². The monoisotopic (exact) mass is 564 g/mol. The molecule has 174 valence electrons. The fraction of sp³-hybridized carbons (Fsp3) is 0.636. The van der Waals surface area contributed by atoms with E-state index in [9.17, 15) is 9.90 Å². The second-order valence-corrected chi connectivity index (χ2v) is 8.55. The number of ether oxygens (including phenoxy) is 1. The number of nitrogens with zero attached hydrogens (tertiary/aromatic N) is 3. The van der Waals surface area contributed by atoms with Crippen LogP contribution in [0.3, 0.4) is 0 Å². The van der Waals surface area contributed by atoms with Gasteiger partial charge in [0.25, 0.3) is 0 Å². The summed E-state index contributed by atoms with van der Waals surface area (Å²) in [6.45, 7) is 7.73. The third-order valence-corrected chi connectivity index (χ3v) is 6.20. The van der Waals surface area contributed by atoms with Gasteiger partial charge in [0.05, 0.1) is 19.6 Å². The van der Waals surface area contributed by atoms with E-state index in [1.165, 1.54) is 0 Å². The van der Waals surface area contributed by atoms with Gasteiger partial charge in [0, 0.05) is 56.4 Å². The highest BCUT2D eigenvalue weighted by atomic mass is 127. The highest BCUT2D eigenvalue weighted by Crippen LogP contribution is 2.30. The largest absolute Gasteiger partial charge is 0.396 e. The van der Waals surface area contributed by atoms with E-state index in [1.54, 1.807) is 0 Å². The smallest absolute Gasteiger partial charge is 0.227 e. The summed E-state index contributed by atoms with van der Waals surface area (Å²) in [6, 6.07) is 7.47. The first-order valence-electron chi connectivity index (χ1n) is 10.8. The molecular formula is C22H34ClIN4O3. The number of nitrogens with one attached hydrogen (secondary N) is 1. The van der Waals surface area contributed by atoms with E-state index in [0.29, 0.717) is 44.3 Å². The molecule has 2 saturated heterocycles. The molecule has 0 bridgehead atoms. The van der Waals surface area contributed by atoms with E-state index in [0.717, 1.165) is 44.0 Å². The van der Waals surface area contributed by atoms with Gasteiger partial charge >= 0.3 is 0 Å². The van der Waals surface area contributed by atoms with Gasteiger partial charge in [-0.25, -0.2) is 0 Å². The van der Waals surface area contributed by atoms with Crippen molar-refractivity contribution < 1.29 is 14.6 Å². The van der Waals surface area contributed by atoms with Crippen molar-refractivity contribution in [3.63, 3.8) is 0 Å². The summed E-state index contributed by atoms with van der Waals surface area (Å²) >= 11 is 6.03. The number of hydrogen-bond donors (Lipinski definition) is 2. The van der Waals surface area contributed by atoms with Crippen LogP contribution in [0.25, 0.3) is 0 Å². The molecule has 0 unspecified atom stereocenters. The quantitative estimate of drug-likeness (QED) is 0.315. The van der Waals surface area contributed by atoms with Gasteiger partial charge in [0.15, 0.2) is 5.96 Å². The van der Waals surface area contributed by atoms with Crippen LogP contribution in [0, 0.1) is 5.41 Å². The average molecular weight is 565 g/mol. The van der Waals surface area contributed by atoms with Crippen LogP contribution in [0.2, 0.25) is 5.02 Å². The van der Waals surface area contributed by atoms with Gasteiger partial charge in [-0.05, 0) is 37.5 Å². The first-order valence-corrected chi connectivity index (χ1v) is 11.2. The SMILES string of the molecule is CCNC(=NCC1(CO)CCOCC1)N1CCN(C(=O)Cc2cccc(Cl)c2)CC1.I. The third-order valence-electron chi connectivity index (χ3n) is 5.96. The fourth-order valence-electron chi connectivity index (χ4n) is 3.94. The van der Waals surface area contributed by atoms with E-state index in [4.69, 9.17) is 21.3 Å². The van der Waals surface area contributed by atoms with Gasteiger partial charge in [-0.3, -0.25) is 9.79 Å². The Bertz CT molecular complexity index is 735. The van der Waals surface area contributed by atoms with E-state index in [2.05, 4.69) is 17.1 Å². The highest BCUT2D eigenvalue weighted by molar-refractivity contribution is 14.0. The van der Waals surface area contributed by atoms with Crippen LogP contribution in [0.15, 0.2) is 29.3 Å². The third kappa shape index (κ3) is 7.47. The molecule has 31 heavy (non-hydrogen) atoms. The average Bonchev–Trinajstić information content (AvgIpc) is 2.77. The maximum atomic E-state index is 12.7. The van der Waals surface area contributed by atoms with Gasteiger partial charge in [-0.15, -0.1) is 24.0 Å². The molecule has 0 radical (unpaired) electrons. The summed E-state index contributed by atoms with van der Waals surface area (Å²) in [6.07, 6.45) is 2.03. The van der Waals surface area contributed by atoms with Gasteiger partial charge in [0.2, 0.25) is 5.91 Å². The molecule has 2 N–H and O–H groups in total. The van der Waals surface area contributed by atoms with Gasteiger partial charge in [-0.1, -0.05) is 23.7 Å². The van der Waals surface area contributed by atoms with Crippen LogP contribution >= 0.6 is 35.6 Å². The normalized spacial score (nSPS) is 19.0. The molecule has 2 heterocycles. The zero-order valence-electron chi connectivity index (χ0n) is 18.2. The predicted molar refractivity (Wildman–Crippen MR) is 134 cm³/mol. The lowest BCUT2D eigenvalue weighted by molar-refractivity contribution is -0.131. The Morgan fingerprint density at radius 3 is 2.52 bits per heavy atom. The van der Waals surface area contributed by atoms with Crippen molar-refractivity contribution in [2.24, 2.45) is 10.4 Å². The number of piperazine rings is 1. The maximum Gasteiger partial charge on any atom is 0.227 e. The fourth-order valence-corrected chi connectivity index (χ4v) is 4.15. The number of rotatable bonds is 6. The first-order chi connectivity index (χ1) is 14.5. The topological polar surface area (TPSA) is 77.4 Å². The Morgan fingerprint density at radius 1 is 1.23 bits per heavy atom. The molecule has 2 aliphatic rings. The standard InChI is InChI=1S/C22H33ClN4O3.HI/c1-2-24-21(25-16-22(17-28)6-12-30-13-7-22)27-10-8-26(9-11-27)20(29)15-18-4-3-5-19(23)14-18;/h3-5,14,28H,2,6-13,15-17H2,1H3,(H,24,25);1H. The number of halogens is 2. The second-order valence-electron chi connectivity index (χ2n) is 8.12. The number of hydrogen-bond acceptors (Lipinski definition) is 4. The number of guanidine groups is 1. The van der Waals surface area contributed by atoms with Crippen molar-refractivity contribution >= 4 is 47.4 Å². The summed E-state index contributed by atoms with van der Waals surface area (Å²) in [7, 11) is 0. The minimum atomic E-state index is -0.187. The molecule has 1 amide bonds. The summed E-state index contributed by atoms with van der Waals surface area (Å²) < 4.78 is 5.45. The Labute approximate surface area is 207 Å². The van der Waals surface area contributed by atoms with E-state index in [1.807, 2.05) is 29.2 Å². The minimum absolute atomic E-state index is 0. The molecule has 1 aromatic carbocycles. The lowest BCUT2D eigenvalue weighted by atomic mass is 9.81. The van der Waals surface area contributed by atoms with Crippen LogP contribution in [-0.4, -0.2) is 85.9 Å². The van der Waals surface area contributed by atoms with E-state index >= 15 is 0 Å². The molecule has 2 aliphatic heterocycles. The molecule has 0 spiro atoms. The predicted octanol–water partition coefficient (Wildman–Crippen LogP) is 2.40. The van der Waals surface area contributed by atoms with Gasteiger partial charge in [0.1, 0.15) is 0 Å². The Balaban J connectivity index is 0.00000341. The molecule has 7 nitrogen and oxygen atoms in total. The Kier molecular flexibility index (Phi) is 10.8. The molecule has 0 atom stereocenters. The van der Waals surface area contributed by atoms with Crippen LogP contribution in [-0.2, 0) is 16.0 Å². The number of aliphatic hydroxyl groups excluding tert-OH is 1. The lowest BCUT2D eigenvalue weighted by Gasteiger charge is -2.38. The number of carbonyl (C=O) groups is 1. The highest BCUT2D eigenvalue weighted by Gasteiger charge is 2.32.